The van der Waals surface area contributed by atoms with Gasteiger partial charge in [-0.05, 0) is 71.1 Å². The molecular formula is C17H24BO4S. The first-order valence-corrected chi connectivity index (χ1v) is 8.43. The van der Waals surface area contributed by atoms with Crippen molar-refractivity contribution in [1.82, 2.24) is 0 Å². The molecule has 1 aromatic carbocycles. The molecule has 4 nitrogen and oxygen atoms in total. The van der Waals surface area contributed by atoms with Crippen LogP contribution in [-0.2, 0) is 9.53 Å². The van der Waals surface area contributed by atoms with Gasteiger partial charge in [-0.2, -0.15) is 0 Å². The van der Waals surface area contributed by atoms with Gasteiger partial charge in [-0.25, -0.2) is 0 Å². The number of benzene rings is 1. The van der Waals surface area contributed by atoms with Crippen LogP contribution >= 0.6 is 11.9 Å². The van der Waals surface area contributed by atoms with Gasteiger partial charge in [0.25, 0.3) is 0 Å². The molecule has 1 aromatic rings. The highest BCUT2D eigenvalue weighted by Gasteiger charge is 2.21. The first-order valence-electron chi connectivity index (χ1n) is 8.20. The number of esters is 1. The van der Waals surface area contributed by atoms with Crippen LogP contribution in [0, 0.1) is 5.92 Å². The van der Waals surface area contributed by atoms with Gasteiger partial charge in [0, 0.05) is 12.0 Å². The Morgan fingerprint density at radius 2 is 1.96 bits per heavy atom. The van der Waals surface area contributed by atoms with E-state index in [-0.39, 0.29) is 17.7 Å². The van der Waals surface area contributed by atoms with Crippen molar-refractivity contribution in [3.8, 4) is 5.75 Å². The van der Waals surface area contributed by atoms with Crippen molar-refractivity contribution in [2.24, 2.45) is 5.92 Å². The van der Waals surface area contributed by atoms with Crippen LogP contribution in [0.3, 0.4) is 0 Å². The lowest BCUT2D eigenvalue weighted by Gasteiger charge is -2.22. The Kier molecular flexibility index (Phi) is 7.02. The van der Waals surface area contributed by atoms with E-state index in [0.29, 0.717) is 30.6 Å². The molecule has 0 amide bonds. The summed E-state index contributed by atoms with van der Waals surface area (Å²) in [4.78, 5) is 24.0. The van der Waals surface area contributed by atoms with Crippen LogP contribution in [-0.4, -0.2) is 25.8 Å². The van der Waals surface area contributed by atoms with Gasteiger partial charge in [-0.15, -0.1) is 0 Å². The maximum atomic E-state index is 12.2. The Morgan fingerprint density at radius 3 is 2.52 bits per heavy atom. The van der Waals surface area contributed by atoms with Gasteiger partial charge in [-0.1, -0.05) is 6.92 Å². The number of hydrogen-bond donors (Lipinski definition) is 0. The van der Waals surface area contributed by atoms with Crippen LogP contribution in [0.15, 0.2) is 24.3 Å². The van der Waals surface area contributed by atoms with Gasteiger partial charge in [0.05, 0.1) is 5.92 Å². The molecule has 1 radical (unpaired) electrons. The van der Waals surface area contributed by atoms with Gasteiger partial charge in [0.1, 0.15) is 11.4 Å². The van der Waals surface area contributed by atoms with Crippen molar-refractivity contribution in [2.75, 3.05) is 0 Å². The van der Waals surface area contributed by atoms with Crippen molar-refractivity contribution in [2.45, 2.75) is 52.6 Å². The fourth-order valence-corrected chi connectivity index (χ4v) is 2.21. The van der Waals surface area contributed by atoms with Crippen molar-refractivity contribution < 1.29 is 18.5 Å². The minimum atomic E-state index is -0.485. The molecule has 1 atom stereocenters. The van der Waals surface area contributed by atoms with Gasteiger partial charge < -0.3 is 8.92 Å². The molecule has 0 fully saturated rings. The summed E-state index contributed by atoms with van der Waals surface area (Å²) in [6, 6.07) is 6.82. The topological polar surface area (TPSA) is 52.6 Å². The summed E-state index contributed by atoms with van der Waals surface area (Å²) in [5.74, 6) is 0.197. The maximum Gasteiger partial charge on any atom is 0.309 e. The second-order valence-corrected chi connectivity index (χ2v) is 6.81. The third kappa shape index (κ3) is 7.59. The Labute approximate surface area is 145 Å². The SMILES string of the molecule is [3H][B]SOc1ccc(C(=O)CCC[C@H](C)C(=O)OC(C)(C)C)cc1. The summed E-state index contributed by atoms with van der Waals surface area (Å²) in [6.07, 6.45) is 1.65. The van der Waals surface area contributed by atoms with E-state index in [1.165, 1.54) is 0 Å². The normalized spacial score (nSPS) is 13.0. The number of ether oxygens (including phenoxy) is 1. The lowest BCUT2D eigenvalue weighted by atomic mass is 10.00. The molecule has 0 bridgehead atoms. The van der Waals surface area contributed by atoms with Gasteiger partial charge in [0.15, 0.2) is 5.78 Å². The fourth-order valence-electron chi connectivity index (χ4n) is 1.99. The fraction of sp³-hybridized carbons (Fsp3) is 0.529. The zero-order valence-electron chi connectivity index (χ0n) is 15.1. The van der Waals surface area contributed by atoms with E-state index in [1.807, 2.05) is 27.7 Å². The number of rotatable bonds is 9. The van der Waals surface area contributed by atoms with Crippen LogP contribution in [0.2, 0.25) is 0 Å². The van der Waals surface area contributed by atoms with E-state index in [4.69, 9.17) is 10.3 Å². The minimum absolute atomic E-state index is 0.0395. The smallest absolute Gasteiger partial charge is 0.309 e. The van der Waals surface area contributed by atoms with E-state index >= 15 is 0 Å². The average Bonchev–Trinajstić information content (AvgIpc) is 2.51. The van der Waals surface area contributed by atoms with E-state index in [0.717, 1.165) is 19.0 Å². The molecular weight excluding hydrogens is 311 g/mol. The summed E-state index contributed by atoms with van der Waals surface area (Å²) < 4.78 is 17.4. The highest BCUT2D eigenvalue weighted by Crippen LogP contribution is 2.19. The molecule has 0 saturated heterocycles. The lowest BCUT2D eigenvalue weighted by Crippen LogP contribution is -2.27. The number of Topliss-reactive ketones (excluding diaryl/α,β-unsaturated/α-hetero) is 1. The summed E-state index contributed by atoms with van der Waals surface area (Å²) in [7, 11) is 1.09. The predicted octanol–water partition coefficient (Wildman–Crippen LogP) is 3.86. The number of ketones is 1. The van der Waals surface area contributed by atoms with Crippen LogP contribution in [0.4, 0.5) is 0 Å². The third-order valence-corrected chi connectivity index (χ3v) is 3.46. The van der Waals surface area contributed by atoms with Crippen molar-refractivity contribution >= 4 is 30.7 Å². The standard InChI is InChI=1S/C17H24BO4S/c1-12(16(20)21-17(2,3)4)6-5-7-15(19)13-8-10-14(11-9-13)22-23-18/h8-12,18H,5-7H2,1-4H3/t12-/m0/s1/i18T. The summed E-state index contributed by atoms with van der Waals surface area (Å²) >= 11 is 0.912. The van der Waals surface area contributed by atoms with Crippen molar-refractivity contribution in [3.05, 3.63) is 29.8 Å². The molecule has 0 aromatic heterocycles. The number of hydrogen-bond acceptors (Lipinski definition) is 5. The van der Waals surface area contributed by atoms with Crippen LogP contribution in [0.25, 0.3) is 0 Å². The van der Waals surface area contributed by atoms with Crippen LogP contribution in [0.5, 0.6) is 5.75 Å². The summed E-state index contributed by atoms with van der Waals surface area (Å²) in [5, 5.41) is 0. The summed E-state index contributed by atoms with van der Waals surface area (Å²) in [5.41, 5.74) is 0.133. The summed E-state index contributed by atoms with van der Waals surface area (Å²) in [6.45, 7) is 7.35. The van der Waals surface area contributed by atoms with Crippen molar-refractivity contribution in [1.29, 1.82) is 1.34 Å². The van der Waals surface area contributed by atoms with Gasteiger partial charge in [0.2, 0.25) is 7.09 Å². The molecule has 1 rings (SSSR count). The average molecular weight is 337 g/mol. The van der Waals surface area contributed by atoms with Crippen LogP contribution in [0.1, 0.15) is 57.3 Å². The van der Waals surface area contributed by atoms with E-state index in [1.54, 1.807) is 24.3 Å². The second-order valence-electron chi connectivity index (χ2n) is 6.45. The number of carbonyl (C=O) groups is 2. The first-order chi connectivity index (χ1) is 11.2. The van der Waals surface area contributed by atoms with Gasteiger partial charge in [-0.3, -0.25) is 9.59 Å². The quantitative estimate of drug-likeness (QED) is 0.296. The molecule has 0 saturated carbocycles. The Bertz CT molecular complexity index is 543. The molecule has 23 heavy (non-hydrogen) atoms. The number of carbonyl (C=O) groups excluding carboxylic acids is 2. The zero-order valence-corrected chi connectivity index (χ0v) is 14.9. The molecule has 0 unspecified atom stereocenters. The zero-order chi connectivity index (χ0) is 18.2. The van der Waals surface area contributed by atoms with E-state index in [2.05, 4.69) is 0 Å². The highest BCUT2D eigenvalue weighted by molar-refractivity contribution is 8.16. The van der Waals surface area contributed by atoms with Gasteiger partial charge >= 0.3 is 5.97 Å². The minimum Gasteiger partial charge on any atom is -0.460 e. The molecule has 0 aliphatic heterocycles. The molecule has 0 aliphatic carbocycles. The maximum absolute atomic E-state index is 12.2. The Morgan fingerprint density at radius 1 is 1.30 bits per heavy atom. The van der Waals surface area contributed by atoms with Crippen molar-refractivity contribution in [3.63, 3.8) is 0 Å². The predicted molar refractivity (Wildman–Crippen MR) is 95.0 cm³/mol. The largest absolute Gasteiger partial charge is 0.460 e. The highest BCUT2D eigenvalue weighted by atomic mass is 32.2. The molecule has 0 spiro atoms. The molecule has 125 valence electrons. The lowest BCUT2D eigenvalue weighted by molar-refractivity contribution is -0.159. The Balaban J connectivity index is 2.39. The van der Waals surface area contributed by atoms with Crippen LogP contribution < -0.4 is 4.18 Å². The monoisotopic (exact) mass is 337 g/mol. The first kappa shape index (κ1) is 17.9. The third-order valence-electron chi connectivity index (χ3n) is 3.17. The molecule has 0 N–H and O–H groups in total. The molecule has 0 aliphatic rings. The van der Waals surface area contributed by atoms with E-state index in [9.17, 15) is 9.59 Å². The molecule has 0 heterocycles. The second kappa shape index (κ2) is 9.01. The molecule has 6 heteroatoms. The Hall–Kier alpha value is -1.43. The van der Waals surface area contributed by atoms with E-state index < -0.39 is 5.60 Å².